The summed E-state index contributed by atoms with van der Waals surface area (Å²) in [6, 6.07) is 10.1. The Bertz CT molecular complexity index is 300. The van der Waals surface area contributed by atoms with Crippen molar-refractivity contribution in [2.24, 2.45) is 16.8 Å². The molecule has 4 heteroatoms. The Morgan fingerprint density at radius 3 is 2.71 bits per heavy atom. The van der Waals surface area contributed by atoms with Gasteiger partial charge in [-0.2, -0.15) is 0 Å². The minimum atomic E-state index is 0.0882. The first-order valence-corrected chi connectivity index (χ1v) is 5.38. The van der Waals surface area contributed by atoms with Gasteiger partial charge >= 0.3 is 0 Å². The van der Waals surface area contributed by atoms with E-state index in [1.807, 2.05) is 37.3 Å². The molecule has 1 unspecified atom stereocenters. The Labute approximate surface area is 88.0 Å². The number of nitrogens with two attached hydrogens (primary N) is 1. The van der Waals surface area contributed by atoms with E-state index in [4.69, 9.17) is 10.9 Å². The third-order valence-corrected chi connectivity index (χ3v) is 3.14. The molecule has 76 valence electrons. The van der Waals surface area contributed by atoms with Crippen LogP contribution in [0.4, 0.5) is 0 Å². The van der Waals surface area contributed by atoms with Crippen LogP contribution in [0.2, 0.25) is 0 Å². The molecule has 0 heterocycles. The summed E-state index contributed by atoms with van der Waals surface area (Å²) in [5, 5.41) is 11.4. The van der Waals surface area contributed by atoms with E-state index >= 15 is 0 Å². The van der Waals surface area contributed by atoms with E-state index in [0.717, 1.165) is 5.75 Å². The Morgan fingerprint density at radius 1 is 1.50 bits per heavy atom. The molecule has 1 rings (SSSR count). The van der Waals surface area contributed by atoms with Crippen molar-refractivity contribution >= 4 is 17.6 Å². The topological polar surface area (TPSA) is 58.6 Å². The second kappa shape index (κ2) is 5.54. The molecular formula is C10H14N2OS. The van der Waals surface area contributed by atoms with Crippen molar-refractivity contribution in [1.82, 2.24) is 0 Å². The number of rotatable bonds is 4. The van der Waals surface area contributed by atoms with E-state index in [1.165, 1.54) is 4.90 Å². The predicted octanol–water partition coefficient (Wildman–Crippen LogP) is 2.16. The second-order valence-electron chi connectivity index (χ2n) is 3.05. The molecule has 0 bridgehead atoms. The molecule has 3 N–H and O–H groups in total. The number of hydrogen-bond donors (Lipinski definition) is 2. The van der Waals surface area contributed by atoms with Crippen LogP contribution < -0.4 is 5.73 Å². The summed E-state index contributed by atoms with van der Waals surface area (Å²) in [5.41, 5.74) is 5.47. The molecule has 0 fully saturated rings. The second-order valence-corrected chi connectivity index (χ2v) is 4.14. The normalized spacial score (nSPS) is 13.9. The first-order chi connectivity index (χ1) is 6.74. The zero-order chi connectivity index (χ0) is 10.4. The van der Waals surface area contributed by atoms with Gasteiger partial charge in [0.05, 0.1) is 0 Å². The maximum Gasteiger partial charge on any atom is 0.142 e. The van der Waals surface area contributed by atoms with Gasteiger partial charge in [0.15, 0.2) is 0 Å². The molecule has 0 radical (unpaired) electrons. The summed E-state index contributed by atoms with van der Waals surface area (Å²) in [6.07, 6.45) is 0. The highest BCUT2D eigenvalue weighted by atomic mass is 32.2. The fourth-order valence-electron chi connectivity index (χ4n) is 0.922. The minimum Gasteiger partial charge on any atom is -0.409 e. The van der Waals surface area contributed by atoms with Crippen LogP contribution in [0.5, 0.6) is 0 Å². The van der Waals surface area contributed by atoms with Crippen molar-refractivity contribution in [1.29, 1.82) is 0 Å². The zero-order valence-electron chi connectivity index (χ0n) is 8.05. The Morgan fingerprint density at radius 2 is 2.14 bits per heavy atom. The number of oxime groups is 1. The van der Waals surface area contributed by atoms with E-state index < -0.39 is 0 Å². The van der Waals surface area contributed by atoms with Gasteiger partial charge in [-0.15, -0.1) is 11.8 Å². The molecular weight excluding hydrogens is 196 g/mol. The van der Waals surface area contributed by atoms with E-state index in [9.17, 15) is 0 Å². The van der Waals surface area contributed by atoms with Crippen LogP contribution in [-0.4, -0.2) is 16.8 Å². The molecule has 0 aliphatic carbocycles. The fourth-order valence-corrected chi connectivity index (χ4v) is 1.88. The van der Waals surface area contributed by atoms with Crippen LogP contribution in [0.25, 0.3) is 0 Å². The third kappa shape index (κ3) is 3.30. The standard InChI is InChI=1S/C10H14N2OS/c1-8(10(11)12-13)7-14-9-5-3-2-4-6-9/h2-6,8,13H,7H2,1H3,(H2,11,12). The summed E-state index contributed by atoms with van der Waals surface area (Å²) >= 11 is 1.70. The summed E-state index contributed by atoms with van der Waals surface area (Å²) in [5.74, 6) is 1.19. The van der Waals surface area contributed by atoms with Gasteiger partial charge in [0.25, 0.3) is 0 Å². The van der Waals surface area contributed by atoms with Crippen LogP contribution in [0.15, 0.2) is 40.4 Å². The third-order valence-electron chi connectivity index (χ3n) is 1.86. The highest BCUT2D eigenvalue weighted by Gasteiger charge is 2.07. The molecule has 1 atom stereocenters. The molecule has 3 nitrogen and oxygen atoms in total. The van der Waals surface area contributed by atoms with Crippen molar-refractivity contribution in [3.8, 4) is 0 Å². The molecule has 1 aromatic rings. The first kappa shape index (κ1) is 10.9. The lowest BCUT2D eigenvalue weighted by Gasteiger charge is -2.08. The van der Waals surface area contributed by atoms with Crippen molar-refractivity contribution in [3.05, 3.63) is 30.3 Å². The summed E-state index contributed by atoms with van der Waals surface area (Å²) in [6.45, 7) is 1.94. The number of benzene rings is 1. The Kier molecular flexibility index (Phi) is 4.32. The first-order valence-electron chi connectivity index (χ1n) is 4.39. The molecule has 0 amide bonds. The largest absolute Gasteiger partial charge is 0.409 e. The summed E-state index contributed by atoms with van der Waals surface area (Å²) in [4.78, 5) is 1.20. The van der Waals surface area contributed by atoms with Gasteiger partial charge in [-0.05, 0) is 12.1 Å². The average Bonchev–Trinajstić information content (AvgIpc) is 2.26. The van der Waals surface area contributed by atoms with Crippen molar-refractivity contribution in [3.63, 3.8) is 0 Å². The minimum absolute atomic E-state index is 0.0882. The average molecular weight is 210 g/mol. The van der Waals surface area contributed by atoms with Crippen LogP contribution in [-0.2, 0) is 0 Å². The molecule has 0 spiro atoms. The van der Waals surface area contributed by atoms with E-state index in [2.05, 4.69) is 5.16 Å². The van der Waals surface area contributed by atoms with Crippen molar-refractivity contribution in [2.75, 3.05) is 5.75 Å². The SMILES string of the molecule is CC(CSc1ccccc1)/C(N)=N/O. The van der Waals surface area contributed by atoms with Crippen LogP contribution in [0.1, 0.15) is 6.92 Å². The smallest absolute Gasteiger partial charge is 0.142 e. The predicted molar refractivity (Wildman–Crippen MR) is 59.7 cm³/mol. The quantitative estimate of drug-likeness (QED) is 0.263. The number of nitrogens with zero attached hydrogens (tertiary/aromatic N) is 1. The molecule has 0 aromatic heterocycles. The van der Waals surface area contributed by atoms with Gasteiger partial charge < -0.3 is 10.9 Å². The van der Waals surface area contributed by atoms with Gasteiger partial charge in [0.1, 0.15) is 5.84 Å². The summed E-state index contributed by atoms with van der Waals surface area (Å²) < 4.78 is 0. The lowest BCUT2D eigenvalue weighted by molar-refractivity contribution is 0.315. The molecule has 0 aliphatic rings. The molecule has 0 aliphatic heterocycles. The van der Waals surface area contributed by atoms with Crippen LogP contribution >= 0.6 is 11.8 Å². The molecule has 1 aromatic carbocycles. The van der Waals surface area contributed by atoms with Gasteiger partial charge in [0, 0.05) is 16.6 Å². The fraction of sp³-hybridized carbons (Fsp3) is 0.300. The zero-order valence-corrected chi connectivity index (χ0v) is 8.87. The Balaban J connectivity index is 2.42. The maximum absolute atomic E-state index is 8.46. The molecule has 14 heavy (non-hydrogen) atoms. The summed E-state index contributed by atoms with van der Waals surface area (Å²) in [7, 11) is 0. The molecule has 0 saturated heterocycles. The van der Waals surface area contributed by atoms with Gasteiger partial charge in [-0.25, -0.2) is 0 Å². The van der Waals surface area contributed by atoms with E-state index in [0.29, 0.717) is 0 Å². The highest BCUT2D eigenvalue weighted by Crippen LogP contribution is 2.19. The number of amidine groups is 1. The van der Waals surface area contributed by atoms with Gasteiger partial charge in [-0.1, -0.05) is 30.3 Å². The monoisotopic (exact) mass is 210 g/mol. The van der Waals surface area contributed by atoms with Gasteiger partial charge in [0.2, 0.25) is 0 Å². The van der Waals surface area contributed by atoms with E-state index in [-0.39, 0.29) is 11.8 Å². The van der Waals surface area contributed by atoms with E-state index in [1.54, 1.807) is 11.8 Å². The lowest BCUT2D eigenvalue weighted by Crippen LogP contribution is -2.22. The van der Waals surface area contributed by atoms with Crippen molar-refractivity contribution < 1.29 is 5.21 Å². The van der Waals surface area contributed by atoms with Crippen LogP contribution in [0, 0.1) is 5.92 Å². The van der Waals surface area contributed by atoms with Crippen molar-refractivity contribution in [2.45, 2.75) is 11.8 Å². The number of thioether (sulfide) groups is 1. The lowest BCUT2D eigenvalue weighted by atomic mass is 10.2. The number of hydrogen-bond acceptors (Lipinski definition) is 3. The highest BCUT2D eigenvalue weighted by molar-refractivity contribution is 7.99. The van der Waals surface area contributed by atoms with Crippen LogP contribution in [0.3, 0.4) is 0 Å². The molecule has 0 saturated carbocycles. The van der Waals surface area contributed by atoms with Gasteiger partial charge in [-0.3, -0.25) is 0 Å². The maximum atomic E-state index is 8.46. The Hall–Kier alpha value is -1.16.